The molecule has 0 aromatic carbocycles. The van der Waals surface area contributed by atoms with Gasteiger partial charge in [-0.05, 0) is 26.2 Å². The summed E-state index contributed by atoms with van der Waals surface area (Å²) in [6.45, 7) is 11.5. The van der Waals surface area contributed by atoms with Gasteiger partial charge in [0.2, 0.25) is 5.91 Å². The molecule has 0 aliphatic rings. The SMILES string of the molecule is CC(C)(C)[CH]C(=O)NOC(C)(C)C. The Morgan fingerprint density at radius 3 is 1.92 bits per heavy atom. The second-order valence-corrected chi connectivity index (χ2v) is 5.19. The Morgan fingerprint density at radius 1 is 1.15 bits per heavy atom. The van der Waals surface area contributed by atoms with E-state index in [1.807, 2.05) is 41.5 Å². The Morgan fingerprint density at radius 2 is 1.62 bits per heavy atom. The topological polar surface area (TPSA) is 38.3 Å². The van der Waals surface area contributed by atoms with Crippen LogP contribution in [0, 0.1) is 11.8 Å². The van der Waals surface area contributed by atoms with E-state index in [1.165, 1.54) is 0 Å². The molecule has 0 saturated carbocycles. The van der Waals surface area contributed by atoms with Crippen LogP contribution in [0.15, 0.2) is 0 Å². The summed E-state index contributed by atoms with van der Waals surface area (Å²) in [5.74, 6) is -0.192. The molecule has 0 aromatic rings. The summed E-state index contributed by atoms with van der Waals surface area (Å²) >= 11 is 0. The van der Waals surface area contributed by atoms with E-state index in [0.29, 0.717) is 0 Å². The molecule has 0 bridgehead atoms. The first-order chi connectivity index (χ1) is 5.60. The van der Waals surface area contributed by atoms with Gasteiger partial charge in [-0.2, -0.15) is 0 Å². The lowest BCUT2D eigenvalue weighted by Gasteiger charge is -2.21. The van der Waals surface area contributed by atoms with Gasteiger partial charge < -0.3 is 0 Å². The molecule has 1 amide bonds. The molecule has 13 heavy (non-hydrogen) atoms. The number of hydrogen-bond donors (Lipinski definition) is 1. The van der Waals surface area contributed by atoms with Crippen molar-refractivity contribution in [2.24, 2.45) is 5.41 Å². The summed E-state index contributed by atoms with van der Waals surface area (Å²) in [5, 5.41) is 0. The van der Waals surface area contributed by atoms with Gasteiger partial charge in [0.25, 0.3) is 0 Å². The summed E-state index contributed by atoms with van der Waals surface area (Å²) in [5.41, 5.74) is 1.92. The number of carbonyl (C=O) groups is 1. The zero-order valence-corrected chi connectivity index (χ0v) is 9.39. The van der Waals surface area contributed by atoms with Gasteiger partial charge >= 0.3 is 0 Å². The number of amides is 1. The third-order valence-electron chi connectivity index (χ3n) is 1.02. The highest BCUT2D eigenvalue weighted by molar-refractivity contribution is 5.84. The Labute approximate surface area is 80.8 Å². The molecule has 0 aromatic heterocycles. The molecule has 0 spiro atoms. The van der Waals surface area contributed by atoms with Crippen LogP contribution in [0.25, 0.3) is 0 Å². The van der Waals surface area contributed by atoms with Crippen LogP contribution in [0.3, 0.4) is 0 Å². The first kappa shape index (κ1) is 12.4. The molecule has 77 valence electrons. The van der Waals surface area contributed by atoms with Crippen LogP contribution in [-0.2, 0) is 9.63 Å². The summed E-state index contributed by atoms with van der Waals surface area (Å²) in [6, 6.07) is 0. The molecule has 1 radical (unpaired) electrons. The van der Waals surface area contributed by atoms with Crippen LogP contribution in [0.2, 0.25) is 0 Å². The van der Waals surface area contributed by atoms with Crippen molar-refractivity contribution in [3.05, 3.63) is 6.42 Å². The highest BCUT2D eigenvalue weighted by atomic mass is 16.7. The average Bonchev–Trinajstić information content (AvgIpc) is 1.78. The highest BCUT2D eigenvalue weighted by Gasteiger charge is 2.18. The molecule has 3 heteroatoms. The standard InChI is InChI=1S/C10H20NO2/c1-9(2,3)7-8(12)11-13-10(4,5)6/h7H,1-6H3,(H,11,12). The fraction of sp³-hybridized carbons (Fsp3) is 0.800. The Hall–Kier alpha value is -0.570. The van der Waals surface area contributed by atoms with E-state index >= 15 is 0 Å². The minimum atomic E-state index is -0.346. The predicted molar refractivity (Wildman–Crippen MR) is 52.7 cm³/mol. The van der Waals surface area contributed by atoms with Gasteiger partial charge in [0, 0.05) is 0 Å². The second kappa shape index (κ2) is 4.09. The summed E-state index contributed by atoms with van der Waals surface area (Å²) < 4.78 is 0. The molecule has 0 rings (SSSR count). The second-order valence-electron chi connectivity index (χ2n) is 5.19. The van der Waals surface area contributed by atoms with Crippen molar-refractivity contribution in [2.75, 3.05) is 0 Å². The number of nitrogens with one attached hydrogen (secondary N) is 1. The molecule has 1 N–H and O–H groups in total. The monoisotopic (exact) mass is 186 g/mol. The fourth-order valence-corrected chi connectivity index (χ4v) is 0.626. The van der Waals surface area contributed by atoms with Crippen molar-refractivity contribution in [1.82, 2.24) is 5.48 Å². The molecule has 0 saturated heterocycles. The Balaban J connectivity index is 3.78. The molecule has 0 heterocycles. The molecule has 0 fully saturated rings. The zero-order valence-electron chi connectivity index (χ0n) is 9.39. The van der Waals surface area contributed by atoms with Gasteiger partial charge in [0.15, 0.2) is 0 Å². The van der Waals surface area contributed by atoms with Crippen molar-refractivity contribution < 1.29 is 9.63 Å². The quantitative estimate of drug-likeness (QED) is 0.670. The molecule has 0 aliphatic carbocycles. The van der Waals surface area contributed by atoms with E-state index in [1.54, 1.807) is 6.42 Å². The lowest BCUT2D eigenvalue weighted by molar-refractivity contribution is -0.143. The van der Waals surface area contributed by atoms with E-state index in [9.17, 15) is 4.79 Å². The maximum absolute atomic E-state index is 11.2. The van der Waals surface area contributed by atoms with Gasteiger partial charge in [0.05, 0.1) is 12.0 Å². The van der Waals surface area contributed by atoms with E-state index in [-0.39, 0.29) is 16.9 Å². The normalized spacial score (nSPS) is 12.8. The number of carbonyl (C=O) groups excluding carboxylic acids is 1. The fourth-order valence-electron chi connectivity index (χ4n) is 0.626. The first-order valence-electron chi connectivity index (χ1n) is 4.44. The lowest BCUT2D eigenvalue weighted by atomic mass is 9.92. The van der Waals surface area contributed by atoms with Crippen molar-refractivity contribution >= 4 is 5.91 Å². The molecular weight excluding hydrogens is 166 g/mol. The molecular formula is C10H20NO2. The van der Waals surface area contributed by atoms with Crippen molar-refractivity contribution in [1.29, 1.82) is 0 Å². The van der Waals surface area contributed by atoms with Gasteiger partial charge in [-0.3, -0.25) is 9.63 Å². The minimum absolute atomic E-state index is 0.120. The van der Waals surface area contributed by atoms with Crippen LogP contribution in [-0.4, -0.2) is 11.5 Å². The largest absolute Gasteiger partial charge is 0.272 e. The summed E-state index contributed by atoms with van der Waals surface area (Å²) in [6.07, 6.45) is 1.60. The smallest absolute Gasteiger partial charge is 0.248 e. The molecule has 0 aliphatic heterocycles. The van der Waals surface area contributed by atoms with Gasteiger partial charge in [-0.25, -0.2) is 5.48 Å². The highest BCUT2D eigenvalue weighted by Crippen LogP contribution is 2.16. The number of hydrogen-bond acceptors (Lipinski definition) is 2. The third-order valence-corrected chi connectivity index (χ3v) is 1.02. The number of hydroxylamine groups is 1. The molecule has 0 unspecified atom stereocenters. The van der Waals surface area contributed by atoms with Crippen LogP contribution in [0.1, 0.15) is 41.5 Å². The van der Waals surface area contributed by atoms with Crippen molar-refractivity contribution in [2.45, 2.75) is 47.1 Å². The lowest BCUT2D eigenvalue weighted by Crippen LogP contribution is -2.35. The minimum Gasteiger partial charge on any atom is -0.272 e. The van der Waals surface area contributed by atoms with E-state index < -0.39 is 0 Å². The van der Waals surface area contributed by atoms with E-state index in [0.717, 1.165) is 0 Å². The van der Waals surface area contributed by atoms with E-state index in [2.05, 4.69) is 5.48 Å². The van der Waals surface area contributed by atoms with Gasteiger partial charge in [-0.15, -0.1) is 0 Å². The van der Waals surface area contributed by atoms with Crippen LogP contribution in [0.5, 0.6) is 0 Å². The number of rotatable bonds is 2. The third kappa shape index (κ3) is 9.34. The van der Waals surface area contributed by atoms with Gasteiger partial charge in [0.1, 0.15) is 0 Å². The maximum Gasteiger partial charge on any atom is 0.248 e. The summed E-state index contributed by atoms with van der Waals surface area (Å²) in [4.78, 5) is 16.3. The van der Waals surface area contributed by atoms with Crippen LogP contribution in [0.4, 0.5) is 0 Å². The summed E-state index contributed by atoms with van der Waals surface area (Å²) in [7, 11) is 0. The average molecular weight is 186 g/mol. The zero-order chi connectivity index (χ0) is 10.7. The molecule has 3 nitrogen and oxygen atoms in total. The Bertz CT molecular complexity index is 174. The predicted octanol–water partition coefficient (Wildman–Crippen LogP) is 2.08. The molecule has 0 atom stereocenters. The van der Waals surface area contributed by atoms with E-state index in [4.69, 9.17) is 4.84 Å². The van der Waals surface area contributed by atoms with Gasteiger partial charge in [-0.1, -0.05) is 20.8 Å². The maximum atomic E-state index is 11.2. The van der Waals surface area contributed by atoms with Crippen LogP contribution < -0.4 is 5.48 Å². The van der Waals surface area contributed by atoms with Crippen molar-refractivity contribution in [3.63, 3.8) is 0 Å². The first-order valence-corrected chi connectivity index (χ1v) is 4.44. The van der Waals surface area contributed by atoms with Crippen molar-refractivity contribution in [3.8, 4) is 0 Å². The van der Waals surface area contributed by atoms with Crippen LogP contribution >= 0.6 is 0 Å². The Kier molecular flexibility index (Phi) is 3.91.